The molecule has 19 heavy (non-hydrogen) atoms. The Bertz CT molecular complexity index is 782. The molecule has 3 aromatic heterocycles. The van der Waals surface area contributed by atoms with Crippen molar-refractivity contribution in [3.63, 3.8) is 0 Å². The van der Waals surface area contributed by atoms with Crippen LogP contribution >= 0.6 is 0 Å². The molecule has 0 unspecified atom stereocenters. The van der Waals surface area contributed by atoms with Gasteiger partial charge < -0.3 is 5.32 Å². The number of aromatic nitrogens is 3. The number of pyridine rings is 2. The number of fused-ring (bicyclic) bond motifs is 1. The van der Waals surface area contributed by atoms with E-state index in [0.717, 1.165) is 22.7 Å². The van der Waals surface area contributed by atoms with E-state index in [2.05, 4.69) is 21.4 Å². The van der Waals surface area contributed by atoms with Crippen molar-refractivity contribution in [2.45, 2.75) is 0 Å². The van der Waals surface area contributed by atoms with Crippen molar-refractivity contribution in [3.05, 3.63) is 48.4 Å². The van der Waals surface area contributed by atoms with Gasteiger partial charge in [0.25, 0.3) is 0 Å². The summed E-state index contributed by atoms with van der Waals surface area (Å²) in [7, 11) is 1.83. The van der Waals surface area contributed by atoms with E-state index >= 15 is 0 Å². The monoisotopic (exact) mass is 249 g/mol. The number of imidazole rings is 1. The lowest BCUT2D eigenvalue weighted by atomic mass is 10.2. The van der Waals surface area contributed by atoms with Crippen molar-refractivity contribution in [3.8, 4) is 17.3 Å². The molecule has 0 radical (unpaired) electrons. The lowest BCUT2D eigenvalue weighted by Gasteiger charge is -2.04. The fraction of sp³-hybridized carbons (Fsp3) is 0.0714. The fourth-order valence-corrected chi connectivity index (χ4v) is 1.99. The summed E-state index contributed by atoms with van der Waals surface area (Å²) in [5.74, 6) is 0.795. The van der Waals surface area contributed by atoms with Crippen LogP contribution in [0.1, 0.15) is 5.56 Å². The minimum Gasteiger partial charge on any atom is -0.373 e. The van der Waals surface area contributed by atoms with E-state index in [-0.39, 0.29) is 0 Å². The van der Waals surface area contributed by atoms with E-state index in [0.29, 0.717) is 5.56 Å². The van der Waals surface area contributed by atoms with Gasteiger partial charge in [-0.1, -0.05) is 0 Å². The number of nitriles is 1. The Morgan fingerprint density at radius 2 is 2.16 bits per heavy atom. The van der Waals surface area contributed by atoms with Gasteiger partial charge in [0.2, 0.25) is 0 Å². The standard InChI is InChI=1S/C14H11N5/c1-16-13-6-11(4-5-17-13)12-8-18-14-3-2-10(7-15)9-19(12)14/h2-6,8-9H,1H3,(H,16,17). The molecule has 0 aromatic carbocycles. The smallest absolute Gasteiger partial charge is 0.137 e. The average molecular weight is 249 g/mol. The molecule has 5 nitrogen and oxygen atoms in total. The first kappa shape index (κ1) is 11.2. The van der Waals surface area contributed by atoms with Gasteiger partial charge in [-0.25, -0.2) is 9.97 Å². The summed E-state index contributed by atoms with van der Waals surface area (Å²) in [6.07, 6.45) is 5.33. The zero-order chi connectivity index (χ0) is 13.2. The number of rotatable bonds is 2. The molecule has 5 heteroatoms. The van der Waals surface area contributed by atoms with E-state index in [9.17, 15) is 0 Å². The second-order valence-electron chi connectivity index (χ2n) is 4.08. The van der Waals surface area contributed by atoms with Gasteiger partial charge in [0.05, 0.1) is 17.5 Å². The summed E-state index contributed by atoms with van der Waals surface area (Å²) < 4.78 is 1.91. The summed E-state index contributed by atoms with van der Waals surface area (Å²) in [4.78, 5) is 8.53. The van der Waals surface area contributed by atoms with E-state index in [4.69, 9.17) is 5.26 Å². The van der Waals surface area contributed by atoms with Crippen molar-refractivity contribution in [1.29, 1.82) is 5.26 Å². The predicted octanol–water partition coefficient (Wildman–Crippen LogP) is 2.31. The summed E-state index contributed by atoms with van der Waals surface area (Å²) in [5.41, 5.74) is 3.36. The van der Waals surface area contributed by atoms with Crippen molar-refractivity contribution < 1.29 is 0 Å². The number of anilines is 1. The third kappa shape index (κ3) is 1.89. The van der Waals surface area contributed by atoms with Crippen LogP contribution in [0.5, 0.6) is 0 Å². The highest BCUT2D eigenvalue weighted by Gasteiger charge is 2.07. The van der Waals surface area contributed by atoms with Gasteiger partial charge in [-0.3, -0.25) is 4.40 Å². The van der Waals surface area contributed by atoms with Gasteiger partial charge in [-0.2, -0.15) is 5.26 Å². The highest BCUT2D eigenvalue weighted by atomic mass is 15.0. The largest absolute Gasteiger partial charge is 0.373 e. The average Bonchev–Trinajstić information content (AvgIpc) is 2.90. The number of nitrogens with one attached hydrogen (secondary N) is 1. The molecule has 0 bridgehead atoms. The molecule has 0 aliphatic rings. The molecule has 92 valence electrons. The molecule has 0 aliphatic heterocycles. The van der Waals surface area contributed by atoms with Crippen molar-refractivity contribution in [1.82, 2.24) is 14.4 Å². The summed E-state index contributed by atoms with van der Waals surface area (Å²) in [5, 5.41) is 12.0. The Hall–Kier alpha value is -2.87. The minimum absolute atomic E-state index is 0.606. The lowest BCUT2D eigenvalue weighted by Crippen LogP contribution is -1.94. The lowest BCUT2D eigenvalue weighted by molar-refractivity contribution is 1.17. The molecule has 0 saturated heterocycles. The van der Waals surface area contributed by atoms with Crippen molar-refractivity contribution in [2.75, 3.05) is 12.4 Å². The Kier molecular flexibility index (Phi) is 2.62. The first-order chi connectivity index (χ1) is 9.31. The van der Waals surface area contributed by atoms with E-state index in [1.807, 2.05) is 29.6 Å². The quantitative estimate of drug-likeness (QED) is 0.756. The Balaban J connectivity index is 2.21. The predicted molar refractivity (Wildman–Crippen MR) is 72.7 cm³/mol. The maximum absolute atomic E-state index is 8.97. The van der Waals surface area contributed by atoms with Crippen LogP contribution in [0.3, 0.4) is 0 Å². The van der Waals surface area contributed by atoms with Gasteiger partial charge in [-0.15, -0.1) is 0 Å². The molecule has 0 spiro atoms. The second kappa shape index (κ2) is 4.42. The van der Waals surface area contributed by atoms with Crippen LogP contribution in [0.2, 0.25) is 0 Å². The van der Waals surface area contributed by atoms with Crippen LogP contribution < -0.4 is 5.32 Å². The minimum atomic E-state index is 0.606. The first-order valence-corrected chi connectivity index (χ1v) is 5.83. The van der Waals surface area contributed by atoms with Crippen molar-refractivity contribution >= 4 is 11.5 Å². The van der Waals surface area contributed by atoms with Crippen molar-refractivity contribution in [2.24, 2.45) is 0 Å². The molecule has 0 amide bonds. The molecule has 3 rings (SSSR count). The third-order valence-electron chi connectivity index (χ3n) is 2.95. The number of nitrogens with zero attached hydrogens (tertiary/aromatic N) is 4. The van der Waals surface area contributed by atoms with Crippen LogP contribution in [0.25, 0.3) is 16.9 Å². The van der Waals surface area contributed by atoms with Crippen LogP contribution in [0, 0.1) is 11.3 Å². The van der Waals surface area contributed by atoms with Gasteiger partial charge in [0.1, 0.15) is 17.5 Å². The van der Waals surface area contributed by atoms with Crippen LogP contribution in [-0.2, 0) is 0 Å². The molecule has 0 atom stereocenters. The first-order valence-electron chi connectivity index (χ1n) is 5.83. The van der Waals surface area contributed by atoms with Gasteiger partial charge in [0, 0.05) is 25.0 Å². The highest BCUT2D eigenvalue weighted by Crippen LogP contribution is 2.22. The molecule has 3 heterocycles. The molecule has 0 aliphatic carbocycles. The molecular formula is C14H11N5. The molecular weight excluding hydrogens is 238 g/mol. The maximum atomic E-state index is 8.97. The summed E-state index contributed by atoms with van der Waals surface area (Å²) in [6, 6.07) is 9.60. The molecule has 1 N–H and O–H groups in total. The Morgan fingerprint density at radius 3 is 2.95 bits per heavy atom. The summed E-state index contributed by atoms with van der Waals surface area (Å²) >= 11 is 0. The maximum Gasteiger partial charge on any atom is 0.137 e. The van der Waals surface area contributed by atoms with E-state index < -0.39 is 0 Å². The Morgan fingerprint density at radius 1 is 1.26 bits per heavy atom. The third-order valence-corrected chi connectivity index (χ3v) is 2.95. The van der Waals surface area contributed by atoms with E-state index in [1.165, 1.54) is 0 Å². The summed E-state index contributed by atoms with van der Waals surface area (Å²) in [6.45, 7) is 0. The number of hydrogen-bond donors (Lipinski definition) is 1. The van der Waals surface area contributed by atoms with E-state index in [1.54, 1.807) is 24.7 Å². The molecule has 0 fully saturated rings. The second-order valence-corrected chi connectivity index (χ2v) is 4.08. The topological polar surface area (TPSA) is 66.0 Å². The molecule has 0 saturated carbocycles. The Labute approximate surface area is 110 Å². The zero-order valence-electron chi connectivity index (χ0n) is 10.3. The highest BCUT2D eigenvalue weighted by molar-refractivity contribution is 5.66. The number of hydrogen-bond acceptors (Lipinski definition) is 4. The normalized spacial score (nSPS) is 10.3. The molecule has 3 aromatic rings. The fourth-order valence-electron chi connectivity index (χ4n) is 1.99. The van der Waals surface area contributed by atoms with Gasteiger partial charge >= 0.3 is 0 Å². The van der Waals surface area contributed by atoms with Crippen LogP contribution in [0.4, 0.5) is 5.82 Å². The van der Waals surface area contributed by atoms with Crippen LogP contribution in [0.15, 0.2) is 42.9 Å². The van der Waals surface area contributed by atoms with Gasteiger partial charge in [0.15, 0.2) is 0 Å². The van der Waals surface area contributed by atoms with Gasteiger partial charge in [-0.05, 0) is 24.3 Å². The van der Waals surface area contributed by atoms with Crippen LogP contribution in [-0.4, -0.2) is 21.4 Å². The zero-order valence-corrected chi connectivity index (χ0v) is 10.3. The SMILES string of the molecule is CNc1cc(-c2cnc3ccc(C#N)cn23)ccn1.